The molecule has 16 heavy (non-hydrogen) atoms. The summed E-state index contributed by atoms with van der Waals surface area (Å²) in [6.07, 6.45) is 0. The van der Waals surface area contributed by atoms with Crippen molar-refractivity contribution in [3.8, 4) is 0 Å². The van der Waals surface area contributed by atoms with E-state index < -0.39 is 15.6 Å². The van der Waals surface area contributed by atoms with Crippen molar-refractivity contribution in [2.45, 2.75) is 24.3 Å². The fraction of sp³-hybridized carbons (Fsp3) is 0.400. The van der Waals surface area contributed by atoms with Gasteiger partial charge < -0.3 is 0 Å². The third kappa shape index (κ3) is 3.45. The van der Waals surface area contributed by atoms with Crippen molar-refractivity contribution in [2.24, 2.45) is 0 Å². The van der Waals surface area contributed by atoms with Gasteiger partial charge in [0, 0.05) is 10.9 Å². The normalized spacial score (nSPS) is 12.8. The molecule has 3 nitrogen and oxygen atoms in total. The molecule has 0 heterocycles. The Morgan fingerprint density at radius 3 is 2.44 bits per heavy atom. The molecule has 0 aliphatic heterocycles. The SMILES string of the molecule is CC(C)(CBr)NS(=O)(=O)c1ccccc1Cl. The van der Waals surface area contributed by atoms with Gasteiger partial charge in [0.05, 0.1) is 5.02 Å². The van der Waals surface area contributed by atoms with Crippen LogP contribution in [0.3, 0.4) is 0 Å². The Labute approximate surface area is 109 Å². The molecule has 1 rings (SSSR count). The molecular weight excluding hydrogens is 314 g/mol. The summed E-state index contributed by atoms with van der Waals surface area (Å²) < 4.78 is 26.6. The van der Waals surface area contributed by atoms with E-state index in [9.17, 15) is 8.42 Å². The molecule has 0 unspecified atom stereocenters. The standard InChI is InChI=1S/C10H13BrClNO2S/c1-10(2,7-11)13-16(14,15)9-6-4-3-5-8(9)12/h3-6,13H,7H2,1-2H3. The van der Waals surface area contributed by atoms with Gasteiger partial charge in [-0.2, -0.15) is 0 Å². The number of hydrogen-bond acceptors (Lipinski definition) is 2. The van der Waals surface area contributed by atoms with Crippen molar-refractivity contribution < 1.29 is 8.42 Å². The zero-order valence-corrected chi connectivity index (χ0v) is 12.2. The summed E-state index contributed by atoms with van der Waals surface area (Å²) in [7, 11) is -3.57. The van der Waals surface area contributed by atoms with Gasteiger partial charge in [-0.25, -0.2) is 13.1 Å². The molecule has 0 saturated heterocycles. The van der Waals surface area contributed by atoms with E-state index in [0.717, 1.165) is 0 Å². The second kappa shape index (κ2) is 5.04. The third-order valence-corrected chi connectivity index (χ3v) is 5.47. The zero-order valence-electron chi connectivity index (χ0n) is 9.00. The molecule has 0 aromatic heterocycles. The lowest BCUT2D eigenvalue weighted by Crippen LogP contribution is -2.44. The Hall–Kier alpha value is -0.100. The summed E-state index contributed by atoms with van der Waals surface area (Å²) in [6, 6.07) is 6.37. The first-order valence-corrected chi connectivity index (χ1v) is 7.61. The van der Waals surface area contributed by atoms with Crippen LogP contribution in [0.4, 0.5) is 0 Å². The highest BCUT2D eigenvalue weighted by Crippen LogP contribution is 2.22. The monoisotopic (exact) mass is 325 g/mol. The van der Waals surface area contributed by atoms with Crippen LogP contribution in [0.25, 0.3) is 0 Å². The van der Waals surface area contributed by atoms with Crippen LogP contribution < -0.4 is 4.72 Å². The highest BCUT2D eigenvalue weighted by atomic mass is 79.9. The van der Waals surface area contributed by atoms with Gasteiger partial charge in [0.15, 0.2) is 0 Å². The summed E-state index contributed by atoms with van der Waals surface area (Å²) >= 11 is 9.10. The van der Waals surface area contributed by atoms with Crippen molar-refractivity contribution in [3.05, 3.63) is 29.3 Å². The minimum atomic E-state index is -3.57. The van der Waals surface area contributed by atoms with Gasteiger partial charge in [-0.05, 0) is 26.0 Å². The zero-order chi connectivity index (χ0) is 12.4. The molecule has 1 N–H and O–H groups in total. The maximum absolute atomic E-state index is 12.0. The lowest BCUT2D eigenvalue weighted by molar-refractivity contribution is 0.500. The third-order valence-electron chi connectivity index (χ3n) is 1.87. The van der Waals surface area contributed by atoms with E-state index in [1.807, 2.05) is 0 Å². The molecule has 0 saturated carbocycles. The molecule has 0 amide bonds. The van der Waals surface area contributed by atoms with E-state index in [0.29, 0.717) is 5.33 Å². The van der Waals surface area contributed by atoms with Gasteiger partial charge in [0.2, 0.25) is 10.0 Å². The number of halogens is 2. The molecule has 6 heteroatoms. The summed E-state index contributed by atoms with van der Waals surface area (Å²) in [4.78, 5) is 0.102. The van der Waals surface area contributed by atoms with Gasteiger partial charge in [0.25, 0.3) is 0 Å². The fourth-order valence-electron chi connectivity index (χ4n) is 1.11. The van der Waals surface area contributed by atoms with Crippen molar-refractivity contribution in [2.75, 3.05) is 5.33 Å². The molecule has 0 aliphatic rings. The molecule has 0 bridgehead atoms. The largest absolute Gasteiger partial charge is 0.242 e. The number of rotatable bonds is 4. The second-order valence-electron chi connectivity index (χ2n) is 4.05. The van der Waals surface area contributed by atoms with Gasteiger partial charge in [-0.1, -0.05) is 39.7 Å². The van der Waals surface area contributed by atoms with Crippen molar-refractivity contribution in [3.63, 3.8) is 0 Å². The fourth-order valence-corrected chi connectivity index (χ4v) is 3.37. The first-order valence-electron chi connectivity index (χ1n) is 4.63. The molecule has 0 radical (unpaired) electrons. The molecule has 90 valence electrons. The Balaban J connectivity index is 3.09. The number of nitrogens with one attached hydrogen (secondary N) is 1. The molecule has 0 aliphatic carbocycles. The van der Waals surface area contributed by atoms with E-state index in [4.69, 9.17) is 11.6 Å². The molecule has 0 atom stereocenters. The van der Waals surface area contributed by atoms with Gasteiger partial charge in [0.1, 0.15) is 4.90 Å². The molecule has 1 aromatic carbocycles. The molecule has 0 fully saturated rings. The van der Waals surface area contributed by atoms with Crippen LogP contribution in [0.15, 0.2) is 29.2 Å². The smallest absolute Gasteiger partial charge is 0.207 e. The Morgan fingerprint density at radius 2 is 1.94 bits per heavy atom. The van der Waals surface area contributed by atoms with Crippen LogP contribution in [0.5, 0.6) is 0 Å². The van der Waals surface area contributed by atoms with E-state index in [1.165, 1.54) is 6.07 Å². The lowest BCUT2D eigenvalue weighted by Gasteiger charge is -2.23. The van der Waals surface area contributed by atoms with Crippen LogP contribution in [0, 0.1) is 0 Å². The topological polar surface area (TPSA) is 46.2 Å². The van der Waals surface area contributed by atoms with Crippen molar-refractivity contribution in [1.82, 2.24) is 4.72 Å². The van der Waals surface area contributed by atoms with Crippen LogP contribution >= 0.6 is 27.5 Å². The first kappa shape index (κ1) is 14.0. The lowest BCUT2D eigenvalue weighted by atomic mass is 10.1. The Morgan fingerprint density at radius 1 is 1.38 bits per heavy atom. The average molecular weight is 327 g/mol. The highest BCUT2D eigenvalue weighted by molar-refractivity contribution is 9.09. The number of sulfonamides is 1. The summed E-state index contributed by atoms with van der Waals surface area (Å²) in [5.74, 6) is 0. The average Bonchev–Trinajstić information content (AvgIpc) is 2.16. The van der Waals surface area contributed by atoms with E-state index >= 15 is 0 Å². The maximum atomic E-state index is 12.0. The second-order valence-corrected chi connectivity index (χ2v) is 6.67. The number of alkyl halides is 1. The van der Waals surface area contributed by atoms with Crippen molar-refractivity contribution in [1.29, 1.82) is 0 Å². The van der Waals surface area contributed by atoms with Crippen LogP contribution in [-0.4, -0.2) is 19.3 Å². The van der Waals surface area contributed by atoms with Crippen LogP contribution in [0.2, 0.25) is 5.02 Å². The van der Waals surface area contributed by atoms with Crippen LogP contribution in [-0.2, 0) is 10.0 Å². The minimum Gasteiger partial charge on any atom is -0.207 e. The number of benzene rings is 1. The predicted octanol–water partition coefficient (Wildman–Crippen LogP) is 2.79. The summed E-state index contributed by atoms with van der Waals surface area (Å²) in [6.45, 7) is 3.58. The summed E-state index contributed by atoms with van der Waals surface area (Å²) in [5, 5.41) is 0.740. The Kier molecular flexibility index (Phi) is 4.40. The first-order chi connectivity index (χ1) is 7.28. The molecule has 1 aromatic rings. The highest BCUT2D eigenvalue weighted by Gasteiger charge is 2.26. The molecule has 0 spiro atoms. The van der Waals surface area contributed by atoms with Gasteiger partial charge in [-0.15, -0.1) is 0 Å². The van der Waals surface area contributed by atoms with Crippen molar-refractivity contribution >= 4 is 37.6 Å². The minimum absolute atomic E-state index is 0.102. The molecular formula is C10H13BrClNO2S. The van der Waals surface area contributed by atoms with Crippen LogP contribution in [0.1, 0.15) is 13.8 Å². The predicted molar refractivity (Wildman–Crippen MR) is 69.6 cm³/mol. The van der Waals surface area contributed by atoms with Gasteiger partial charge >= 0.3 is 0 Å². The van der Waals surface area contributed by atoms with Gasteiger partial charge in [-0.3, -0.25) is 0 Å². The number of hydrogen-bond donors (Lipinski definition) is 1. The summed E-state index contributed by atoms with van der Waals surface area (Å²) in [5.41, 5.74) is -0.558. The Bertz CT molecular complexity index is 473. The van der Waals surface area contributed by atoms with E-state index in [2.05, 4.69) is 20.7 Å². The van der Waals surface area contributed by atoms with E-state index in [1.54, 1.807) is 32.0 Å². The quantitative estimate of drug-likeness (QED) is 0.865. The van der Waals surface area contributed by atoms with E-state index in [-0.39, 0.29) is 9.92 Å². The maximum Gasteiger partial charge on any atom is 0.242 e.